The van der Waals surface area contributed by atoms with Crippen molar-refractivity contribution in [2.24, 2.45) is 10.2 Å². The molecule has 4 N–H and O–H groups in total. The Kier molecular flexibility index (Phi) is 15.7. The fraction of sp³-hybridized carbons (Fsp3) is 0.286. The highest BCUT2D eigenvalue weighted by Gasteiger charge is 2.10. The minimum atomic E-state index is -0.499. The van der Waals surface area contributed by atoms with E-state index in [1.807, 2.05) is 36.4 Å². The van der Waals surface area contributed by atoms with Crippen molar-refractivity contribution >= 4 is 40.6 Å². The number of hydrogen-bond donors (Lipinski definition) is 4. The number of aromatic nitrogens is 4. The maximum Gasteiger partial charge on any atom is 0.385 e. The molecule has 0 saturated heterocycles. The van der Waals surface area contributed by atoms with E-state index in [0.717, 1.165) is 43.3 Å². The summed E-state index contributed by atoms with van der Waals surface area (Å²) in [6.07, 6.45) is 4.26. The Balaban J connectivity index is 0.000000248. The highest BCUT2D eigenvalue weighted by molar-refractivity contribution is 7.99. The average Bonchev–Trinajstić information content (AvgIpc) is 2.98. The zero-order valence-corrected chi connectivity index (χ0v) is 24.9. The summed E-state index contributed by atoms with van der Waals surface area (Å²) in [6.45, 7) is 4.18. The van der Waals surface area contributed by atoms with Gasteiger partial charge in [-0.2, -0.15) is 15.1 Å². The van der Waals surface area contributed by atoms with Gasteiger partial charge in [-0.3, -0.25) is 14.6 Å². The number of azo groups is 1. The SMILES string of the molecule is CCCCSc1nc(O)c(N=Nc2ccccc2)c(=O)[nH]1.CCCCSc1nc(O)cc(=O)[nH]1.N#[N+]c1ccccc1. The first kappa shape index (κ1) is 33.7. The van der Waals surface area contributed by atoms with Gasteiger partial charge in [-0.15, -0.1) is 5.11 Å². The van der Waals surface area contributed by atoms with Crippen molar-refractivity contribution in [1.29, 1.82) is 5.39 Å². The smallest absolute Gasteiger partial charge is 0.385 e. The molecule has 2 aromatic carbocycles. The Morgan fingerprint density at radius 1 is 0.833 bits per heavy atom. The second kappa shape index (κ2) is 19.6. The molecule has 0 aliphatic rings. The number of unbranched alkanes of at least 4 members (excludes halogenated alkanes) is 2. The lowest BCUT2D eigenvalue weighted by molar-refractivity contribution is 0.444. The lowest BCUT2D eigenvalue weighted by Gasteiger charge is -2.01. The number of benzene rings is 2. The zero-order chi connectivity index (χ0) is 30.6. The first-order valence-corrected chi connectivity index (χ1v) is 15.1. The Morgan fingerprint density at radius 2 is 1.40 bits per heavy atom. The molecule has 220 valence electrons. The van der Waals surface area contributed by atoms with Crippen LogP contribution in [0.15, 0.2) is 96.9 Å². The second-order valence-electron chi connectivity index (χ2n) is 8.33. The van der Waals surface area contributed by atoms with E-state index < -0.39 is 11.4 Å². The van der Waals surface area contributed by atoms with E-state index in [4.69, 9.17) is 10.5 Å². The summed E-state index contributed by atoms with van der Waals surface area (Å²) in [5, 5.41) is 35.5. The molecule has 4 rings (SSSR count). The Hall–Kier alpha value is -4.48. The van der Waals surface area contributed by atoms with Crippen molar-refractivity contribution in [1.82, 2.24) is 19.9 Å². The second-order valence-corrected chi connectivity index (χ2v) is 10.5. The molecule has 42 heavy (non-hydrogen) atoms. The van der Waals surface area contributed by atoms with Gasteiger partial charge in [0.2, 0.25) is 22.8 Å². The minimum absolute atomic E-state index is 0.182. The number of H-pyrrole nitrogens is 2. The van der Waals surface area contributed by atoms with Crippen molar-refractivity contribution in [3.63, 3.8) is 0 Å². The van der Waals surface area contributed by atoms with Gasteiger partial charge in [-0.05, 0) is 25.0 Å². The van der Waals surface area contributed by atoms with Crippen molar-refractivity contribution < 1.29 is 10.2 Å². The highest BCUT2D eigenvalue weighted by Crippen LogP contribution is 2.24. The molecule has 2 heterocycles. The molecule has 12 nitrogen and oxygen atoms in total. The zero-order valence-electron chi connectivity index (χ0n) is 23.3. The van der Waals surface area contributed by atoms with Gasteiger partial charge >= 0.3 is 5.69 Å². The molecule has 14 heteroatoms. The number of thioether (sulfide) groups is 2. The Bertz CT molecular complexity index is 1540. The lowest BCUT2D eigenvalue weighted by atomic mass is 10.3. The predicted molar refractivity (Wildman–Crippen MR) is 166 cm³/mol. The molecule has 4 aromatic rings. The molecule has 0 aliphatic heterocycles. The predicted octanol–water partition coefficient (Wildman–Crippen LogP) is 7.32. The van der Waals surface area contributed by atoms with Gasteiger partial charge in [-0.1, -0.05) is 86.6 Å². The van der Waals surface area contributed by atoms with Gasteiger partial charge in [-0.25, -0.2) is 0 Å². The van der Waals surface area contributed by atoms with Crippen LogP contribution in [0, 0.1) is 5.39 Å². The average molecular weight is 610 g/mol. The summed E-state index contributed by atoms with van der Waals surface area (Å²) in [5.41, 5.74) is 0.191. The fourth-order valence-corrected chi connectivity index (χ4v) is 4.71. The quantitative estimate of drug-likeness (QED) is 0.0470. The topological polar surface area (TPSA) is 185 Å². The fourth-order valence-electron chi connectivity index (χ4n) is 2.81. The van der Waals surface area contributed by atoms with Gasteiger partial charge in [0.25, 0.3) is 11.1 Å². The minimum Gasteiger partial charge on any atom is -0.493 e. The molecule has 0 bridgehead atoms. The maximum absolute atomic E-state index is 11.9. The van der Waals surface area contributed by atoms with Gasteiger partial charge in [0.05, 0.1) is 11.8 Å². The number of nitrogens with zero attached hydrogens (tertiary/aromatic N) is 6. The van der Waals surface area contributed by atoms with E-state index in [0.29, 0.717) is 21.7 Å². The Labute approximate surface area is 251 Å². The molecule has 0 atom stereocenters. The summed E-state index contributed by atoms with van der Waals surface area (Å²) < 4.78 is 0. The van der Waals surface area contributed by atoms with Crippen LogP contribution in [0.1, 0.15) is 39.5 Å². The molecule has 0 radical (unpaired) electrons. The van der Waals surface area contributed by atoms with Crippen LogP contribution in [0.25, 0.3) is 4.98 Å². The first-order chi connectivity index (χ1) is 20.4. The number of rotatable bonds is 10. The number of diazo groups is 1. The summed E-state index contributed by atoms with van der Waals surface area (Å²) in [7, 11) is 0. The van der Waals surface area contributed by atoms with Crippen LogP contribution >= 0.6 is 23.5 Å². The van der Waals surface area contributed by atoms with E-state index in [2.05, 4.69) is 49.0 Å². The van der Waals surface area contributed by atoms with E-state index in [1.165, 1.54) is 23.5 Å². The third-order valence-corrected chi connectivity index (χ3v) is 6.85. The molecule has 0 amide bonds. The third-order valence-electron chi connectivity index (χ3n) is 4.93. The number of aromatic amines is 2. The van der Waals surface area contributed by atoms with E-state index in [9.17, 15) is 14.7 Å². The summed E-state index contributed by atoms with van der Waals surface area (Å²) >= 11 is 2.84. The van der Waals surface area contributed by atoms with Crippen LogP contribution in [-0.2, 0) is 0 Å². The van der Waals surface area contributed by atoms with E-state index in [1.54, 1.807) is 24.3 Å². The largest absolute Gasteiger partial charge is 0.493 e. The number of aromatic hydroxyl groups is 2. The van der Waals surface area contributed by atoms with Crippen molar-refractivity contribution in [3.05, 3.63) is 92.4 Å². The molecular weight excluding hydrogens is 576 g/mol. The van der Waals surface area contributed by atoms with Crippen LogP contribution in [-0.4, -0.2) is 41.7 Å². The van der Waals surface area contributed by atoms with Crippen molar-refractivity contribution in [2.45, 2.75) is 49.8 Å². The number of nitrogens with one attached hydrogen (secondary N) is 2. The van der Waals surface area contributed by atoms with Crippen LogP contribution in [0.3, 0.4) is 0 Å². The summed E-state index contributed by atoms with van der Waals surface area (Å²) in [4.78, 5) is 38.6. The van der Waals surface area contributed by atoms with E-state index >= 15 is 0 Å². The molecule has 0 fully saturated rings. The van der Waals surface area contributed by atoms with Gasteiger partial charge in [0.15, 0.2) is 15.3 Å². The van der Waals surface area contributed by atoms with Gasteiger partial charge in [0.1, 0.15) is 0 Å². The molecular formula is C28H33N8O4S2+. The van der Waals surface area contributed by atoms with Crippen LogP contribution in [0.4, 0.5) is 17.1 Å². The van der Waals surface area contributed by atoms with Crippen LogP contribution in [0.5, 0.6) is 11.8 Å². The number of hydrogen-bond acceptors (Lipinski definition) is 11. The maximum atomic E-state index is 11.9. The standard InChI is InChI=1S/C14H16N4O2S.C8H12N2O2S.C6H5N2/c1-2-3-9-21-14-15-12(19)11(13(20)16-14)18-17-10-7-5-4-6-8-10;1-2-3-4-13-8-9-6(11)5-7(12)10-8;7-8-6-4-2-1-3-5-6/h4-8H,2-3,9H2,1H3,(H2,15,16,19,20);5H,2-4H2,1H3,(H2,9,10,11,12);1-5H/q;;+1. The third kappa shape index (κ3) is 13.2. The van der Waals surface area contributed by atoms with Gasteiger partial charge in [0, 0.05) is 23.6 Å². The summed E-state index contributed by atoms with van der Waals surface area (Å²) in [5.74, 6) is 1.12. The molecule has 0 spiro atoms. The molecule has 2 aromatic heterocycles. The molecule has 0 aliphatic carbocycles. The normalized spacial score (nSPS) is 10.2. The Morgan fingerprint density at radius 3 is 1.90 bits per heavy atom. The van der Waals surface area contributed by atoms with Crippen molar-refractivity contribution in [3.8, 4) is 11.8 Å². The first-order valence-electron chi connectivity index (χ1n) is 13.1. The highest BCUT2D eigenvalue weighted by atomic mass is 32.2. The summed E-state index contributed by atoms with van der Waals surface area (Å²) in [6, 6.07) is 19.0. The molecule has 0 saturated carbocycles. The van der Waals surface area contributed by atoms with Crippen LogP contribution in [0.2, 0.25) is 0 Å². The lowest BCUT2D eigenvalue weighted by Crippen LogP contribution is -2.08. The molecule has 0 unspecified atom stereocenters. The van der Waals surface area contributed by atoms with Crippen LogP contribution < -0.4 is 11.1 Å². The van der Waals surface area contributed by atoms with E-state index in [-0.39, 0.29) is 17.1 Å². The van der Waals surface area contributed by atoms with Crippen molar-refractivity contribution in [2.75, 3.05) is 11.5 Å². The monoisotopic (exact) mass is 609 g/mol. The van der Waals surface area contributed by atoms with Gasteiger partial charge < -0.3 is 15.2 Å².